The highest BCUT2D eigenvalue weighted by atomic mass is 16.4. The van der Waals surface area contributed by atoms with E-state index in [0.717, 1.165) is 43.2 Å². The lowest BCUT2D eigenvalue weighted by Crippen LogP contribution is -2.15. The van der Waals surface area contributed by atoms with Gasteiger partial charge in [0.15, 0.2) is 0 Å². The SMILES string of the molecule is CCCCn1cc(CCCN)c2cc(C(=O)O)cc(C(C)(C)C)c21. The quantitative estimate of drug-likeness (QED) is 0.794. The molecule has 0 atom stereocenters. The summed E-state index contributed by atoms with van der Waals surface area (Å²) in [4.78, 5) is 11.6. The molecule has 0 bridgehead atoms. The second kappa shape index (κ2) is 7.39. The molecule has 2 aromatic rings. The van der Waals surface area contributed by atoms with Crippen LogP contribution in [0.2, 0.25) is 0 Å². The molecule has 4 nitrogen and oxygen atoms in total. The van der Waals surface area contributed by atoms with E-state index >= 15 is 0 Å². The summed E-state index contributed by atoms with van der Waals surface area (Å²) in [6.45, 7) is 10.2. The molecule has 3 N–H and O–H groups in total. The summed E-state index contributed by atoms with van der Waals surface area (Å²) in [5.74, 6) is -0.867. The number of nitrogens with zero attached hydrogens (tertiary/aromatic N) is 1. The summed E-state index contributed by atoms with van der Waals surface area (Å²) in [5.41, 5.74) is 9.44. The number of rotatable bonds is 7. The molecular formula is C20H30N2O2. The highest BCUT2D eigenvalue weighted by Gasteiger charge is 2.23. The molecule has 0 unspecified atom stereocenters. The van der Waals surface area contributed by atoms with Crippen molar-refractivity contribution in [2.24, 2.45) is 5.73 Å². The van der Waals surface area contributed by atoms with Crippen LogP contribution in [0.5, 0.6) is 0 Å². The molecule has 24 heavy (non-hydrogen) atoms. The molecule has 0 aliphatic rings. The number of nitrogens with two attached hydrogens (primary N) is 1. The summed E-state index contributed by atoms with van der Waals surface area (Å²) in [7, 11) is 0. The number of aromatic nitrogens is 1. The molecule has 0 aliphatic carbocycles. The van der Waals surface area contributed by atoms with Gasteiger partial charge in [-0.05, 0) is 54.5 Å². The van der Waals surface area contributed by atoms with Gasteiger partial charge in [0, 0.05) is 18.1 Å². The Morgan fingerprint density at radius 1 is 1.25 bits per heavy atom. The van der Waals surface area contributed by atoms with Crippen LogP contribution in [0.25, 0.3) is 10.9 Å². The second-order valence-electron chi connectivity index (χ2n) is 7.57. The minimum atomic E-state index is -0.867. The standard InChI is InChI=1S/C20H30N2O2/c1-5-6-10-22-13-14(8-7-9-21)16-11-15(19(23)24)12-17(18(16)22)20(2,3)4/h11-13H,5-10,21H2,1-4H3,(H,23,24). The largest absolute Gasteiger partial charge is 0.478 e. The first kappa shape index (κ1) is 18.5. The lowest BCUT2D eigenvalue weighted by Gasteiger charge is -2.22. The molecule has 1 aromatic carbocycles. The Morgan fingerprint density at radius 2 is 1.96 bits per heavy atom. The normalized spacial score (nSPS) is 12.0. The van der Waals surface area contributed by atoms with E-state index in [1.807, 2.05) is 12.1 Å². The Hall–Kier alpha value is -1.81. The Labute approximate surface area is 144 Å². The van der Waals surface area contributed by atoms with Crippen LogP contribution in [-0.2, 0) is 18.4 Å². The molecular weight excluding hydrogens is 300 g/mol. The number of hydrogen-bond donors (Lipinski definition) is 2. The van der Waals surface area contributed by atoms with E-state index in [1.165, 1.54) is 11.1 Å². The van der Waals surface area contributed by atoms with Gasteiger partial charge in [0.05, 0.1) is 11.1 Å². The fourth-order valence-electron chi connectivity index (χ4n) is 3.20. The average molecular weight is 330 g/mol. The zero-order chi connectivity index (χ0) is 17.9. The number of fused-ring (bicyclic) bond motifs is 1. The summed E-state index contributed by atoms with van der Waals surface area (Å²) < 4.78 is 2.32. The van der Waals surface area contributed by atoms with E-state index in [2.05, 4.69) is 38.5 Å². The minimum Gasteiger partial charge on any atom is -0.478 e. The van der Waals surface area contributed by atoms with Gasteiger partial charge in [0.25, 0.3) is 0 Å². The molecule has 0 saturated carbocycles. The van der Waals surface area contributed by atoms with Gasteiger partial charge in [0.2, 0.25) is 0 Å². The molecule has 132 valence electrons. The molecule has 2 rings (SSSR count). The van der Waals surface area contributed by atoms with Crippen LogP contribution in [0.3, 0.4) is 0 Å². The van der Waals surface area contributed by atoms with Crippen molar-refractivity contribution in [1.82, 2.24) is 4.57 Å². The predicted octanol–water partition coefficient (Wildman–Crippen LogP) is 4.33. The monoisotopic (exact) mass is 330 g/mol. The Balaban J connectivity index is 2.75. The third kappa shape index (κ3) is 3.81. The van der Waals surface area contributed by atoms with Crippen LogP contribution in [0.15, 0.2) is 18.3 Å². The van der Waals surface area contributed by atoms with Crippen LogP contribution in [0.4, 0.5) is 0 Å². The first-order valence-electron chi connectivity index (χ1n) is 8.89. The summed E-state index contributed by atoms with van der Waals surface area (Å²) in [6.07, 6.45) is 6.25. The number of carboxylic acids is 1. The highest BCUT2D eigenvalue weighted by Crippen LogP contribution is 2.35. The van der Waals surface area contributed by atoms with Crippen molar-refractivity contribution in [3.8, 4) is 0 Å². The zero-order valence-corrected chi connectivity index (χ0v) is 15.4. The molecule has 4 heteroatoms. The number of benzene rings is 1. The summed E-state index contributed by atoms with van der Waals surface area (Å²) in [6, 6.07) is 3.68. The van der Waals surface area contributed by atoms with E-state index in [0.29, 0.717) is 12.1 Å². The van der Waals surface area contributed by atoms with Crippen LogP contribution in [-0.4, -0.2) is 22.2 Å². The van der Waals surface area contributed by atoms with Gasteiger partial charge in [-0.1, -0.05) is 34.1 Å². The van der Waals surface area contributed by atoms with E-state index < -0.39 is 5.97 Å². The zero-order valence-electron chi connectivity index (χ0n) is 15.4. The molecule has 0 amide bonds. The average Bonchev–Trinajstić information content (AvgIpc) is 2.86. The van der Waals surface area contributed by atoms with Crippen molar-refractivity contribution < 1.29 is 9.90 Å². The van der Waals surface area contributed by atoms with E-state index in [9.17, 15) is 9.90 Å². The van der Waals surface area contributed by atoms with Crippen molar-refractivity contribution in [3.05, 3.63) is 35.0 Å². The Morgan fingerprint density at radius 3 is 2.50 bits per heavy atom. The lowest BCUT2D eigenvalue weighted by molar-refractivity contribution is 0.0697. The molecule has 0 spiro atoms. The first-order valence-corrected chi connectivity index (χ1v) is 8.89. The predicted molar refractivity (Wildman–Crippen MR) is 99.9 cm³/mol. The molecule has 0 saturated heterocycles. The van der Waals surface area contributed by atoms with Gasteiger partial charge in [-0.2, -0.15) is 0 Å². The summed E-state index contributed by atoms with van der Waals surface area (Å²) in [5, 5.41) is 10.6. The van der Waals surface area contributed by atoms with Crippen LogP contribution in [0, 0.1) is 0 Å². The van der Waals surface area contributed by atoms with Gasteiger partial charge < -0.3 is 15.4 Å². The topological polar surface area (TPSA) is 68.2 Å². The van der Waals surface area contributed by atoms with Gasteiger partial charge in [-0.25, -0.2) is 4.79 Å². The number of hydrogen-bond acceptors (Lipinski definition) is 2. The first-order chi connectivity index (χ1) is 11.3. The fourth-order valence-corrected chi connectivity index (χ4v) is 3.20. The van der Waals surface area contributed by atoms with Crippen LogP contribution in [0.1, 0.15) is 68.4 Å². The van der Waals surface area contributed by atoms with Crippen LogP contribution >= 0.6 is 0 Å². The van der Waals surface area contributed by atoms with Crippen molar-refractivity contribution in [1.29, 1.82) is 0 Å². The molecule has 1 aromatic heterocycles. The van der Waals surface area contributed by atoms with E-state index in [1.54, 1.807) is 0 Å². The molecule has 0 radical (unpaired) electrons. The van der Waals surface area contributed by atoms with Crippen molar-refractivity contribution in [3.63, 3.8) is 0 Å². The van der Waals surface area contributed by atoms with Crippen molar-refractivity contribution in [2.75, 3.05) is 6.54 Å². The van der Waals surface area contributed by atoms with Gasteiger partial charge >= 0.3 is 5.97 Å². The Bertz CT molecular complexity index is 723. The third-order valence-electron chi connectivity index (χ3n) is 4.51. The highest BCUT2D eigenvalue weighted by molar-refractivity contribution is 5.97. The molecule has 0 aliphatic heterocycles. The smallest absolute Gasteiger partial charge is 0.335 e. The fraction of sp³-hybridized carbons (Fsp3) is 0.550. The second-order valence-corrected chi connectivity index (χ2v) is 7.57. The number of carbonyl (C=O) groups is 1. The van der Waals surface area contributed by atoms with Crippen molar-refractivity contribution >= 4 is 16.9 Å². The minimum absolute atomic E-state index is 0.114. The number of aryl methyl sites for hydroxylation is 2. The van der Waals surface area contributed by atoms with Crippen molar-refractivity contribution in [2.45, 2.75) is 65.3 Å². The third-order valence-corrected chi connectivity index (χ3v) is 4.51. The van der Waals surface area contributed by atoms with Crippen LogP contribution < -0.4 is 5.73 Å². The molecule has 1 heterocycles. The lowest BCUT2D eigenvalue weighted by atomic mass is 9.84. The van der Waals surface area contributed by atoms with Gasteiger partial charge in [0.1, 0.15) is 0 Å². The van der Waals surface area contributed by atoms with Gasteiger partial charge in [-0.3, -0.25) is 0 Å². The maximum Gasteiger partial charge on any atom is 0.335 e. The maximum absolute atomic E-state index is 11.6. The van der Waals surface area contributed by atoms with E-state index in [-0.39, 0.29) is 5.41 Å². The van der Waals surface area contributed by atoms with E-state index in [4.69, 9.17) is 5.73 Å². The maximum atomic E-state index is 11.6. The van der Waals surface area contributed by atoms with Gasteiger partial charge in [-0.15, -0.1) is 0 Å². The number of unbranched alkanes of at least 4 members (excludes halogenated alkanes) is 1. The molecule has 0 fully saturated rings. The number of aromatic carboxylic acids is 1. The Kier molecular flexibility index (Phi) is 5.70. The number of carboxylic acid groups (broad SMARTS) is 1. The summed E-state index contributed by atoms with van der Waals surface area (Å²) >= 11 is 0.